The summed E-state index contributed by atoms with van der Waals surface area (Å²) in [4.78, 5) is 22.3. The lowest BCUT2D eigenvalue weighted by atomic mass is 10.2. The van der Waals surface area contributed by atoms with Gasteiger partial charge in [-0.25, -0.2) is 5.10 Å². The summed E-state index contributed by atoms with van der Waals surface area (Å²) in [7, 11) is 1.25. The second-order valence-corrected chi connectivity index (χ2v) is 4.64. The number of anilines is 1. The highest BCUT2D eigenvalue weighted by atomic mass is 19.4. The maximum absolute atomic E-state index is 12.9. The van der Waals surface area contributed by atoms with Crippen LogP contribution in [0.4, 0.5) is 18.9 Å². The molecule has 1 rings (SSSR count). The molecule has 0 radical (unpaired) electrons. The molecule has 1 heterocycles. The van der Waals surface area contributed by atoms with Crippen LogP contribution in [0.25, 0.3) is 0 Å². The van der Waals surface area contributed by atoms with E-state index in [0.29, 0.717) is 6.42 Å². The van der Waals surface area contributed by atoms with Crippen molar-refractivity contribution < 1.29 is 27.4 Å². The summed E-state index contributed by atoms with van der Waals surface area (Å²) < 4.78 is 48.5. The number of methoxy groups -OCH3 is 1. The maximum atomic E-state index is 12.9. The van der Waals surface area contributed by atoms with Gasteiger partial charge in [0.05, 0.1) is 38.6 Å². The Bertz CT molecular complexity index is 574. The number of aromatic amines is 1. The van der Waals surface area contributed by atoms with Gasteiger partial charge in [0.25, 0.3) is 5.56 Å². The van der Waals surface area contributed by atoms with E-state index in [1.54, 1.807) is 12.0 Å². The number of aromatic nitrogens is 2. The first kappa shape index (κ1) is 18.9. The van der Waals surface area contributed by atoms with E-state index in [-0.39, 0.29) is 19.6 Å². The number of nitrogens with one attached hydrogen (secondary N) is 2. The van der Waals surface area contributed by atoms with E-state index >= 15 is 0 Å². The number of carbonyl (C=O) groups is 1. The lowest BCUT2D eigenvalue weighted by Crippen LogP contribution is -2.30. The average Bonchev–Trinajstić information content (AvgIpc) is 2.48. The Morgan fingerprint density at radius 2 is 2.17 bits per heavy atom. The number of hydrogen-bond donors (Lipinski definition) is 2. The molecule has 1 atom stereocenters. The monoisotopic (exact) mass is 337 g/mol. The zero-order valence-corrected chi connectivity index (χ0v) is 12.7. The van der Waals surface area contributed by atoms with Gasteiger partial charge in [0, 0.05) is 6.04 Å². The molecule has 2 N–H and O–H groups in total. The first-order chi connectivity index (χ1) is 10.8. The van der Waals surface area contributed by atoms with E-state index in [4.69, 9.17) is 4.74 Å². The van der Waals surface area contributed by atoms with Gasteiger partial charge in [0.1, 0.15) is 5.56 Å². The number of esters is 1. The summed E-state index contributed by atoms with van der Waals surface area (Å²) >= 11 is 0. The van der Waals surface area contributed by atoms with Crippen molar-refractivity contribution in [1.82, 2.24) is 10.2 Å². The Hall–Kier alpha value is -2.10. The molecular formula is C13H18F3N3O4. The molecule has 0 aliphatic heterocycles. The van der Waals surface area contributed by atoms with Gasteiger partial charge in [-0.15, -0.1) is 0 Å². The number of ether oxygens (including phenoxy) is 2. The van der Waals surface area contributed by atoms with Gasteiger partial charge in [0.15, 0.2) is 0 Å². The van der Waals surface area contributed by atoms with Crippen LogP contribution >= 0.6 is 0 Å². The summed E-state index contributed by atoms with van der Waals surface area (Å²) in [6.07, 6.45) is -3.40. The highest BCUT2D eigenvalue weighted by Crippen LogP contribution is 2.31. The van der Waals surface area contributed by atoms with E-state index in [2.05, 4.69) is 15.2 Å². The number of rotatable bonds is 8. The third-order valence-electron chi connectivity index (χ3n) is 2.99. The second-order valence-electron chi connectivity index (χ2n) is 4.64. The molecule has 7 nitrogen and oxygen atoms in total. The standard InChI is InChI=1S/C13H18F3N3O4/c1-3-8(7-23-5-4-10(20)22-2)18-9-6-17-19-12(21)11(9)13(14,15)16/h6,8H,3-5,7H2,1-2H3,(H2,18,19,21)/t8-/m0/s1. The molecule has 1 aromatic rings. The smallest absolute Gasteiger partial charge is 0.423 e. The fourth-order valence-electron chi connectivity index (χ4n) is 1.75. The number of halogens is 3. The molecule has 0 unspecified atom stereocenters. The van der Waals surface area contributed by atoms with Gasteiger partial charge in [-0.3, -0.25) is 9.59 Å². The molecule has 0 fully saturated rings. The van der Waals surface area contributed by atoms with Gasteiger partial charge >= 0.3 is 12.1 Å². The molecule has 0 aliphatic carbocycles. The van der Waals surface area contributed by atoms with Crippen LogP contribution in [0, 0.1) is 0 Å². The fourth-order valence-corrected chi connectivity index (χ4v) is 1.75. The Kier molecular flexibility index (Phi) is 7.01. The Labute approximate surface area is 130 Å². The van der Waals surface area contributed by atoms with Crippen molar-refractivity contribution in [2.45, 2.75) is 32.0 Å². The van der Waals surface area contributed by atoms with Crippen LogP contribution in [0.1, 0.15) is 25.3 Å². The average molecular weight is 337 g/mol. The molecule has 0 saturated heterocycles. The van der Waals surface area contributed by atoms with Gasteiger partial charge in [-0.1, -0.05) is 6.92 Å². The van der Waals surface area contributed by atoms with Crippen LogP contribution < -0.4 is 10.9 Å². The minimum atomic E-state index is -4.80. The third-order valence-corrected chi connectivity index (χ3v) is 2.99. The van der Waals surface area contributed by atoms with E-state index < -0.39 is 35.0 Å². The van der Waals surface area contributed by atoms with Crippen LogP contribution in [0.15, 0.2) is 11.0 Å². The number of alkyl halides is 3. The molecule has 23 heavy (non-hydrogen) atoms. The lowest BCUT2D eigenvalue weighted by molar-refractivity contribution is -0.142. The zero-order chi connectivity index (χ0) is 17.5. The summed E-state index contributed by atoms with van der Waals surface area (Å²) in [5.41, 5.74) is -3.06. The van der Waals surface area contributed by atoms with E-state index in [0.717, 1.165) is 6.20 Å². The number of carbonyl (C=O) groups excluding carboxylic acids is 1. The highest BCUT2D eigenvalue weighted by Gasteiger charge is 2.37. The van der Waals surface area contributed by atoms with Crippen molar-refractivity contribution in [1.29, 1.82) is 0 Å². The first-order valence-corrected chi connectivity index (χ1v) is 6.85. The first-order valence-electron chi connectivity index (χ1n) is 6.85. The normalized spacial score (nSPS) is 12.7. The third kappa shape index (κ3) is 5.89. The molecule has 0 bridgehead atoms. The topological polar surface area (TPSA) is 93.3 Å². The van der Waals surface area contributed by atoms with Crippen molar-refractivity contribution in [3.05, 3.63) is 22.1 Å². The zero-order valence-electron chi connectivity index (χ0n) is 12.7. The number of hydrogen-bond acceptors (Lipinski definition) is 6. The lowest BCUT2D eigenvalue weighted by Gasteiger charge is -2.20. The maximum Gasteiger partial charge on any atom is 0.423 e. The van der Waals surface area contributed by atoms with E-state index in [9.17, 15) is 22.8 Å². The van der Waals surface area contributed by atoms with Crippen LogP contribution in [0.3, 0.4) is 0 Å². The van der Waals surface area contributed by atoms with Crippen molar-refractivity contribution in [2.24, 2.45) is 0 Å². The number of H-pyrrole nitrogens is 1. The number of nitrogens with zero attached hydrogens (tertiary/aromatic N) is 1. The predicted molar refractivity (Wildman–Crippen MR) is 75.0 cm³/mol. The summed E-state index contributed by atoms with van der Waals surface area (Å²) in [6, 6.07) is -0.475. The van der Waals surface area contributed by atoms with Crippen molar-refractivity contribution >= 4 is 11.7 Å². The Balaban J connectivity index is 2.71. The largest absolute Gasteiger partial charge is 0.469 e. The predicted octanol–water partition coefficient (Wildman–Crippen LogP) is 1.56. The van der Waals surface area contributed by atoms with Crippen molar-refractivity contribution in [3.63, 3.8) is 0 Å². The van der Waals surface area contributed by atoms with Crippen molar-refractivity contribution in [2.75, 3.05) is 25.6 Å². The second kappa shape index (κ2) is 8.51. The van der Waals surface area contributed by atoms with E-state index in [1.807, 2.05) is 0 Å². The Morgan fingerprint density at radius 3 is 2.74 bits per heavy atom. The summed E-state index contributed by atoms with van der Waals surface area (Å²) in [6.45, 7) is 1.90. The highest BCUT2D eigenvalue weighted by molar-refractivity contribution is 5.69. The quantitative estimate of drug-likeness (QED) is 0.552. The summed E-state index contributed by atoms with van der Waals surface area (Å²) in [5, 5.41) is 7.74. The van der Waals surface area contributed by atoms with E-state index in [1.165, 1.54) is 7.11 Å². The van der Waals surface area contributed by atoms with Crippen LogP contribution in [0.2, 0.25) is 0 Å². The van der Waals surface area contributed by atoms with Gasteiger partial charge < -0.3 is 14.8 Å². The van der Waals surface area contributed by atoms with Crippen LogP contribution in [-0.4, -0.2) is 42.5 Å². The molecular weight excluding hydrogens is 319 g/mol. The molecule has 0 aromatic carbocycles. The molecule has 0 aliphatic rings. The molecule has 1 aromatic heterocycles. The molecule has 0 saturated carbocycles. The Morgan fingerprint density at radius 1 is 1.48 bits per heavy atom. The molecule has 130 valence electrons. The summed E-state index contributed by atoms with van der Waals surface area (Å²) in [5.74, 6) is -0.441. The van der Waals surface area contributed by atoms with Gasteiger partial charge in [-0.2, -0.15) is 18.3 Å². The fraction of sp³-hybridized carbons (Fsp3) is 0.615. The van der Waals surface area contributed by atoms with Crippen LogP contribution in [0.5, 0.6) is 0 Å². The van der Waals surface area contributed by atoms with Gasteiger partial charge in [0.2, 0.25) is 0 Å². The van der Waals surface area contributed by atoms with Crippen molar-refractivity contribution in [3.8, 4) is 0 Å². The van der Waals surface area contributed by atoms with Gasteiger partial charge in [-0.05, 0) is 6.42 Å². The molecule has 0 spiro atoms. The minimum absolute atomic E-state index is 0.0489. The SMILES string of the molecule is CC[C@@H](COCCC(=O)OC)Nc1cn[nH]c(=O)c1C(F)(F)F. The van der Waals surface area contributed by atoms with Crippen LogP contribution in [-0.2, 0) is 20.4 Å². The molecule has 10 heteroatoms. The molecule has 0 amide bonds. The minimum Gasteiger partial charge on any atom is -0.469 e.